The molecule has 2 atom stereocenters. The van der Waals surface area contributed by atoms with Crippen LogP contribution in [0.3, 0.4) is 0 Å². The van der Waals surface area contributed by atoms with Crippen molar-refractivity contribution in [2.24, 2.45) is 5.92 Å². The normalized spacial score (nSPS) is 24.2. The van der Waals surface area contributed by atoms with Crippen LogP contribution in [0.2, 0.25) is 0 Å². The van der Waals surface area contributed by atoms with Gasteiger partial charge in [-0.25, -0.2) is 0 Å². The third-order valence-corrected chi connectivity index (χ3v) is 7.25. The molecule has 0 amide bonds. The van der Waals surface area contributed by atoms with Crippen molar-refractivity contribution in [3.8, 4) is 0 Å². The van der Waals surface area contributed by atoms with Crippen LogP contribution in [-0.4, -0.2) is 43.3 Å². The fourth-order valence-corrected chi connectivity index (χ4v) is 5.01. The van der Waals surface area contributed by atoms with Gasteiger partial charge in [0.2, 0.25) is 0 Å². The molecule has 6 heteroatoms. The van der Waals surface area contributed by atoms with E-state index in [1.165, 1.54) is 4.31 Å². The van der Waals surface area contributed by atoms with Crippen molar-refractivity contribution in [3.63, 3.8) is 0 Å². The number of hydrogen-bond donors (Lipinski definition) is 0. The second-order valence-electron chi connectivity index (χ2n) is 7.48. The summed E-state index contributed by atoms with van der Waals surface area (Å²) < 4.78 is 35.9. The maximum Gasteiger partial charge on any atom is 0.282 e. The minimum Gasteiger partial charge on any atom is -0.367 e. The molecule has 5 nitrogen and oxygen atoms in total. The van der Waals surface area contributed by atoms with E-state index in [1.807, 2.05) is 60.7 Å². The lowest BCUT2D eigenvalue weighted by atomic mass is 10.1. The number of morpholine rings is 1. The number of rotatable bonds is 6. The van der Waals surface area contributed by atoms with E-state index in [0.29, 0.717) is 25.6 Å². The van der Waals surface area contributed by atoms with Crippen LogP contribution in [0.4, 0.5) is 0 Å². The molecule has 2 fully saturated rings. The minimum atomic E-state index is -3.55. The fraction of sp³-hybridized carbons (Fsp3) is 0.429. The third kappa shape index (κ3) is 4.24. The van der Waals surface area contributed by atoms with Gasteiger partial charge in [0, 0.05) is 26.7 Å². The Morgan fingerprint density at radius 2 is 1.63 bits per heavy atom. The average Bonchev–Trinajstić information content (AvgIpc) is 3.54. The Bertz CT molecular complexity index is 854. The molecule has 0 unspecified atom stereocenters. The van der Waals surface area contributed by atoms with Crippen LogP contribution in [0.15, 0.2) is 60.7 Å². The van der Waals surface area contributed by atoms with E-state index in [9.17, 15) is 8.42 Å². The predicted molar refractivity (Wildman–Crippen MR) is 105 cm³/mol. The Labute approximate surface area is 161 Å². The molecule has 4 rings (SSSR count). The molecule has 1 aliphatic carbocycles. The number of nitrogens with zero attached hydrogens (tertiary/aromatic N) is 2. The van der Waals surface area contributed by atoms with Gasteiger partial charge >= 0.3 is 0 Å². The third-order valence-electron chi connectivity index (χ3n) is 5.38. The maximum absolute atomic E-state index is 13.3. The molecule has 1 saturated heterocycles. The summed E-state index contributed by atoms with van der Waals surface area (Å²) >= 11 is 0. The summed E-state index contributed by atoms with van der Waals surface area (Å²) in [4.78, 5) is 0. The lowest BCUT2D eigenvalue weighted by Gasteiger charge is -2.39. The van der Waals surface area contributed by atoms with Crippen molar-refractivity contribution < 1.29 is 13.2 Å². The summed E-state index contributed by atoms with van der Waals surface area (Å²) in [6.45, 7) is 1.16. The zero-order valence-electron chi connectivity index (χ0n) is 15.6. The molecule has 2 aromatic rings. The molecule has 1 aliphatic heterocycles. The van der Waals surface area contributed by atoms with Gasteiger partial charge in [-0.3, -0.25) is 0 Å². The van der Waals surface area contributed by atoms with E-state index >= 15 is 0 Å². The van der Waals surface area contributed by atoms with E-state index in [0.717, 1.165) is 24.0 Å². The van der Waals surface area contributed by atoms with Crippen LogP contribution in [-0.2, 0) is 21.5 Å². The van der Waals surface area contributed by atoms with Crippen LogP contribution in [0.1, 0.15) is 30.1 Å². The van der Waals surface area contributed by atoms with Crippen LogP contribution < -0.4 is 0 Å². The van der Waals surface area contributed by atoms with Gasteiger partial charge in [-0.1, -0.05) is 60.7 Å². The molecular weight excluding hydrogens is 360 g/mol. The van der Waals surface area contributed by atoms with Crippen LogP contribution in [0, 0.1) is 5.92 Å². The Morgan fingerprint density at radius 3 is 2.26 bits per heavy atom. The van der Waals surface area contributed by atoms with Crippen molar-refractivity contribution >= 4 is 10.2 Å². The molecular formula is C21H26N2O3S. The monoisotopic (exact) mass is 386 g/mol. The molecule has 2 aliphatic rings. The fourth-order valence-electron chi connectivity index (χ4n) is 3.64. The standard InChI is InChI=1S/C21H26N2O3S/c1-22(14-17-8-4-2-5-9-17)27(24,25)23-15-20(18-10-6-3-7-11-18)26-21(16-23)19-12-13-19/h2-11,19-21H,12-16H2,1H3/t20-,21+/m0/s1. The molecule has 1 heterocycles. The highest BCUT2D eigenvalue weighted by atomic mass is 32.2. The van der Waals surface area contributed by atoms with Gasteiger partial charge in [-0.2, -0.15) is 17.0 Å². The van der Waals surface area contributed by atoms with Gasteiger partial charge in [0.1, 0.15) is 0 Å². The first-order valence-corrected chi connectivity index (χ1v) is 10.9. The molecule has 1 saturated carbocycles. The van der Waals surface area contributed by atoms with Gasteiger partial charge in [0.25, 0.3) is 10.2 Å². The summed E-state index contributed by atoms with van der Waals surface area (Å²) in [5.74, 6) is 0.480. The van der Waals surface area contributed by atoms with Crippen molar-refractivity contribution in [1.82, 2.24) is 8.61 Å². The van der Waals surface area contributed by atoms with E-state index in [4.69, 9.17) is 4.74 Å². The molecule has 0 radical (unpaired) electrons. The van der Waals surface area contributed by atoms with Crippen molar-refractivity contribution in [1.29, 1.82) is 0 Å². The van der Waals surface area contributed by atoms with E-state index < -0.39 is 10.2 Å². The summed E-state index contributed by atoms with van der Waals surface area (Å²) in [5.41, 5.74) is 2.02. The Kier molecular flexibility index (Phi) is 5.32. The van der Waals surface area contributed by atoms with Crippen molar-refractivity contribution in [3.05, 3.63) is 71.8 Å². The van der Waals surface area contributed by atoms with E-state index in [2.05, 4.69) is 0 Å². The molecule has 144 valence electrons. The van der Waals surface area contributed by atoms with E-state index in [-0.39, 0.29) is 12.2 Å². The highest BCUT2D eigenvalue weighted by molar-refractivity contribution is 7.86. The second kappa shape index (κ2) is 7.72. The largest absolute Gasteiger partial charge is 0.367 e. The number of hydrogen-bond acceptors (Lipinski definition) is 3. The van der Waals surface area contributed by atoms with Gasteiger partial charge < -0.3 is 4.74 Å². The zero-order chi connectivity index (χ0) is 18.9. The first kappa shape index (κ1) is 18.6. The summed E-state index contributed by atoms with van der Waals surface area (Å²) in [5, 5.41) is 0. The molecule has 0 N–H and O–H groups in total. The lowest BCUT2D eigenvalue weighted by Crippen LogP contribution is -2.51. The van der Waals surface area contributed by atoms with Crippen LogP contribution in [0.5, 0.6) is 0 Å². The summed E-state index contributed by atoms with van der Waals surface area (Å²) in [7, 11) is -1.90. The van der Waals surface area contributed by atoms with Crippen LogP contribution >= 0.6 is 0 Å². The second-order valence-corrected chi connectivity index (χ2v) is 9.51. The SMILES string of the molecule is CN(Cc1ccccc1)S(=O)(=O)N1C[C@@H](c2ccccc2)O[C@@H](C2CC2)C1. The van der Waals surface area contributed by atoms with Gasteiger partial charge in [0.15, 0.2) is 0 Å². The Hall–Kier alpha value is -1.73. The van der Waals surface area contributed by atoms with Gasteiger partial charge in [-0.05, 0) is 29.9 Å². The quantitative estimate of drug-likeness (QED) is 0.766. The summed E-state index contributed by atoms with van der Waals surface area (Å²) in [6.07, 6.45) is 2.01. The van der Waals surface area contributed by atoms with Gasteiger partial charge in [0.05, 0.1) is 12.2 Å². The average molecular weight is 387 g/mol. The van der Waals surface area contributed by atoms with E-state index in [1.54, 1.807) is 11.4 Å². The van der Waals surface area contributed by atoms with Gasteiger partial charge in [-0.15, -0.1) is 0 Å². The maximum atomic E-state index is 13.3. The lowest BCUT2D eigenvalue weighted by molar-refractivity contribution is -0.0758. The topological polar surface area (TPSA) is 49.9 Å². The highest BCUT2D eigenvalue weighted by Crippen LogP contribution is 2.40. The minimum absolute atomic E-state index is 0.0242. The summed E-state index contributed by atoms with van der Waals surface area (Å²) in [6, 6.07) is 19.6. The first-order valence-electron chi connectivity index (χ1n) is 9.50. The van der Waals surface area contributed by atoms with Crippen LogP contribution in [0.25, 0.3) is 0 Å². The Balaban J connectivity index is 1.54. The molecule has 27 heavy (non-hydrogen) atoms. The molecule has 2 aromatic carbocycles. The highest BCUT2D eigenvalue weighted by Gasteiger charge is 2.43. The molecule has 0 aromatic heterocycles. The zero-order valence-corrected chi connectivity index (χ0v) is 16.4. The smallest absolute Gasteiger partial charge is 0.282 e. The number of benzene rings is 2. The molecule has 0 bridgehead atoms. The first-order chi connectivity index (χ1) is 13.0. The van der Waals surface area contributed by atoms with Crippen molar-refractivity contribution in [2.75, 3.05) is 20.1 Å². The number of ether oxygens (including phenoxy) is 1. The molecule has 0 spiro atoms. The van der Waals surface area contributed by atoms with Crippen molar-refractivity contribution in [2.45, 2.75) is 31.6 Å². The predicted octanol–water partition coefficient (Wildman–Crippen LogP) is 3.22. The Morgan fingerprint density at radius 1 is 1.00 bits per heavy atom.